The molecule has 0 amide bonds. The van der Waals surface area contributed by atoms with Gasteiger partial charge in [-0.15, -0.1) is 0 Å². The monoisotopic (exact) mass is 355 g/mol. The number of alkyl halides is 3. The summed E-state index contributed by atoms with van der Waals surface area (Å²) in [4.78, 5) is 13.3. The van der Waals surface area contributed by atoms with Crippen molar-refractivity contribution in [3.8, 4) is 0 Å². The van der Waals surface area contributed by atoms with Crippen molar-refractivity contribution < 1.29 is 17.6 Å². The van der Waals surface area contributed by atoms with E-state index in [0.717, 1.165) is 25.1 Å². The fraction of sp³-hybridized carbons (Fsp3) is 0.438. The van der Waals surface area contributed by atoms with E-state index in [-0.39, 0.29) is 11.7 Å². The number of pyridine rings is 1. The zero-order valence-electron chi connectivity index (χ0n) is 13.3. The minimum Gasteiger partial charge on any atom is -0.368 e. The first-order valence-electron chi connectivity index (χ1n) is 7.89. The average Bonchev–Trinajstić information content (AvgIpc) is 2.56. The quantitative estimate of drug-likeness (QED) is 0.856. The fourth-order valence-electron chi connectivity index (χ4n) is 3.02. The number of halogens is 4. The molecule has 1 aliphatic rings. The highest BCUT2D eigenvalue weighted by Crippen LogP contribution is 2.34. The van der Waals surface area contributed by atoms with Crippen molar-refractivity contribution in [3.05, 3.63) is 47.3 Å². The molecule has 0 spiro atoms. The lowest BCUT2D eigenvalue weighted by atomic mass is 9.98. The van der Waals surface area contributed by atoms with E-state index in [9.17, 15) is 17.6 Å². The first-order valence-corrected chi connectivity index (χ1v) is 7.89. The molecule has 3 heterocycles. The number of piperidine rings is 1. The third-order valence-electron chi connectivity index (χ3n) is 4.16. The first-order chi connectivity index (χ1) is 11.8. The summed E-state index contributed by atoms with van der Waals surface area (Å²) in [6.45, 7) is 1.09. The topological polar surface area (TPSA) is 67.9 Å². The van der Waals surface area contributed by atoms with E-state index < -0.39 is 23.6 Å². The van der Waals surface area contributed by atoms with Crippen LogP contribution in [0.2, 0.25) is 0 Å². The highest BCUT2D eigenvalue weighted by molar-refractivity contribution is 5.26. The molecule has 2 aromatic heterocycles. The number of nitrogens with zero attached hydrogens (tertiary/aromatic N) is 4. The lowest BCUT2D eigenvalue weighted by Crippen LogP contribution is -2.34. The number of nitrogen functional groups attached to an aromatic ring is 1. The number of anilines is 1. The molecule has 9 heteroatoms. The largest absolute Gasteiger partial charge is 0.433 e. The van der Waals surface area contributed by atoms with Gasteiger partial charge in [0.1, 0.15) is 11.5 Å². The van der Waals surface area contributed by atoms with Gasteiger partial charge in [0.05, 0.1) is 23.6 Å². The molecule has 134 valence electrons. The molecule has 5 nitrogen and oxygen atoms in total. The SMILES string of the molecule is Nc1nc(C2CCCCN2Cc2ccc(F)cn2)cc(C(F)(F)F)n1. The van der Waals surface area contributed by atoms with E-state index in [2.05, 4.69) is 15.0 Å². The lowest BCUT2D eigenvalue weighted by molar-refractivity contribution is -0.141. The fourth-order valence-corrected chi connectivity index (χ4v) is 3.02. The summed E-state index contributed by atoms with van der Waals surface area (Å²) in [6.07, 6.45) is -0.995. The van der Waals surface area contributed by atoms with Crippen molar-refractivity contribution in [3.63, 3.8) is 0 Å². The summed E-state index contributed by atoms with van der Waals surface area (Å²) in [5.74, 6) is -0.826. The van der Waals surface area contributed by atoms with Crippen LogP contribution in [0.15, 0.2) is 24.4 Å². The maximum Gasteiger partial charge on any atom is 0.433 e. The predicted molar refractivity (Wildman–Crippen MR) is 82.6 cm³/mol. The normalized spacial score (nSPS) is 19.1. The Kier molecular flexibility index (Phi) is 4.85. The number of hydrogen-bond acceptors (Lipinski definition) is 5. The van der Waals surface area contributed by atoms with Gasteiger partial charge in [-0.1, -0.05) is 6.42 Å². The molecule has 0 saturated carbocycles. The van der Waals surface area contributed by atoms with Gasteiger partial charge in [-0.3, -0.25) is 9.88 Å². The summed E-state index contributed by atoms with van der Waals surface area (Å²) in [5.41, 5.74) is 5.34. The lowest BCUT2D eigenvalue weighted by Gasteiger charge is -2.35. The number of hydrogen-bond donors (Lipinski definition) is 1. The van der Waals surface area contributed by atoms with Crippen LogP contribution >= 0.6 is 0 Å². The van der Waals surface area contributed by atoms with Crippen molar-refractivity contribution in [1.82, 2.24) is 19.9 Å². The molecule has 1 aliphatic heterocycles. The van der Waals surface area contributed by atoms with Crippen LogP contribution in [0.4, 0.5) is 23.5 Å². The summed E-state index contributed by atoms with van der Waals surface area (Å²) in [7, 11) is 0. The predicted octanol–water partition coefficient (Wildman–Crippen LogP) is 3.34. The summed E-state index contributed by atoms with van der Waals surface area (Å²) < 4.78 is 52.0. The zero-order valence-corrected chi connectivity index (χ0v) is 13.3. The van der Waals surface area contributed by atoms with Crippen LogP contribution in [-0.2, 0) is 12.7 Å². The van der Waals surface area contributed by atoms with Crippen molar-refractivity contribution in [2.75, 3.05) is 12.3 Å². The molecule has 1 fully saturated rings. The molecule has 25 heavy (non-hydrogen) atoms. The molecule has 2 N–H and O–H groups in total. The summed E-state index contributed by atoms with van der Waals surface area (Å²) in [6, 6.07) is 3.52. The molecule has 2 aromatic rings. The second-order valence-electron chi connectivity index (χ2n) is 5.98. The van der Waals surface area contributed by atoms with Crippen LogP contribution in [0.3, 0.4) is 0 Å². The second kappa shape index (κ2) is 6.91. The maximum absolute atomic E-state index is 13.0. The third kappa shape index (κ3) is 4.22. The Balaban J connectivity index is 1.88. The van der Waals surface area contributed by atoms with E-state index in [1.54, 1.807) is 6.07 Å². The molecule has 0 bridgehead atoms. The van der Waals surface area contributed by atoms with Crippen LogP contribution < -0.4 is 5.73 Å². The standard InChI is InChI=1S/C16H17F4N5/c17-10-4-5-11(22-8-10)9-25-6-2-1-3-13(25)12-7-14(16(18,19)20)24-15(21)23-12/h4-5,7-8,13H,1-3,6,9H2,(H2,21,23,24). The summed E-state index contributed by atoms with van der Waals surface area (Å²) >= 11 is 0. The second-order valence-corrected chi connectivity index (χ2v) is 5.98. The van der Waals surface area contributed by atoms with Crippen molar-refractivity contribution in [1.29, 1.82) is 0 Å². The molecular weight excluding hydrogens is 338 g/mol. The first kappa shape index (κ1) is 17.5. The Morgan fingerprint density at radius 3 is 2.68 bits per heavy atom. The van der Waals surface area contributed by atoms with E-state index in [0.29, 0.717) is 25.2 Å². The number of likely N-dealkylation sites (tertiary alicyclic amines) is 1. The highest BCUT2D eigenvalue weighted by atomic mass is 19.4. The smallest absolute Gasteiger partial charge is 0.368 e. The van der Waals surface area contributed by atoms with Crippen LogP contribution in [0.25, 0.3) is 0 Å². The van der Waals surface area contributed by atoms with E-state index in [1.165, 1.54) is 6.07 Å². The van der Waals surface area contributed by atoms with Crippen LogP contribution in [0.5, 0.6) is 0 Å². The maximum atomic E-state index is 13.0. The Morgan fingerprint density at radius 1 is 1.20 bits per heavy atom. The van der Waals surface area contributed by atoms with Gasteiger partial charge in [0.25, 0.3) is 0 Å². The van der Waals surface area contributed by atoms with Crippen LogP contribution in [0.1, 0.15) is 42.4 Å². The number of aromatic nitrogens is 3. The molecule has 1 unspecified atom stereocenters. The minimum atomic E-state index is -4.58. The Hall–Kier alpha value is -2.29. The minimum absolute atomic E-state index is 0.252. The number of rotatable bonds is 3. The Labute approximate surface area is 141 Å². The summed E-state index contributed by atoms with van der Waals surface area (Å²) in [5, 5.41) is 0. The molecule has 3 rings (SSSR count). The average molecular weight is 355 g/mol. The van der Waals surface area contributed by atoms with E-state index in [4.69, 9.17) is 5.73 Å². The van der Waals surface area contributed by atoms with Crippen molar-refractivity contribution >= 4 is 5.95 Å². The van der Waals surface area contributed by atoms with Crippen molar-refractivity contribution in [2.24, 2.45) is 0 Å². The molecule has 0 aliphatic carbocycles. The zero-order chi connectivity index (χ0) is 18.0. The molecular formula is C16H17F4N5. The van der Waals surface area contributed by atoms with Gasteiger partial charge in [0, 0.05) is 6.54 Å². The molecule has 0 aromatic carbocycles. The molecule has 0 radical (unpaired) electrons. The van der Waals surface area contributed by atoms with Gasteiger partial charge in [0.2, 0.25) is 5.95 Å². The van der Waals surface area contributed by atoms with Gasteiger partial charge in [-0.05, 0) is 37.6 Å². The van der Waals surface area contributed by atoms with Gasteiger partial charge in [-0.2, -0.15) is 13.2 Å². The third-order valence-corrected chi connectivity index (χ3v) is 4.16. The van der Waals surface area contributed by atoms with Gasteiger partial charge in [-0.25, -0.2) is 14.4 Å². The van der Waals surface area contributed by atoms with Crippen LogP contribution in [-0.4, -0.2) is 26.4 Å². The van der Waals surface area contributed by atoms with Gasteiger partial charge in [0.15, 0.2) is 0 Å². The van der Waals surface area contributed by atoms with Gasteiger partial charge >= 0.3 is 6.18 Å². The van der Waals surface area contributed by atoms with E-state index >= 15 is 0 Å². The van der Waals surface area contributed by atoms with Crippen molar-refractivity contribution in [2.45, 2.75) is 38.0 Å². The Morgan fingerprint density at radius 2 is 2.00 bits per heavy atom. The number of nitrogens with two attached hydrogens (primary N) is 1. The van der Waals surface area contributed by atoms with Crippen LogP contribution in [0, 0.1) is 5.82 Å². The Bertz CT molecular complexity index is 732. The van der Waals surface area contributed by atoms with E-state index in [1.807, 2.05) is 4.90 Å². The molecule has 1 atom stereocenters. The van der Waals surface area contributed by atoms with Gasteiger partial charge < -0.3 is 5.73 Å². The molecule has 1 saturated heterocycles. The highest BCUT2D eigenvalue weighted by Gasteiger charge is 2.35.